The number of benzene rings is 1. The van der Waals surface area contributed by atoms with Gasteiger partial charge < -0.3 is 5.11 Å². The van der Waals surface area contributed by atoms with Crippen LogP contribution in [0.5, 0.6) is 0 Å². The third kappa shape index (κ3) is 1.86. The topological polar surface area (TPSA) is 37.3 Å². The molecule has 15 heavy (non-hydrogen) atoms. The molecule has 4 heteroatoms. The van der Waals surface area contributed by atoms with E-state index in [2.05, 4.69) is 0 Å². The summed E-state index contributed by atoms with van der Waals surface area (Å²) < 4.78 is 12.0. The lowest BCUT2D eigenvalue weighted by atomic mass is 10.3. The number of carbonyl (C=O) groups is 1. The molecule has 2 unspecified atom stereocenters. The highest BCUT2D eigenvalue weighted by Gasteiger charge is 2.58. The minimum absolute atomic E-state index is 0.185. The van der Waals surface area contributed by atoms with Crippen molar-refractivity contribution >= 4 is 17.7 Å². The Morgan fingerprint density at radius 2 is 2.07 bits per heavy atom. The summed E-state index contributed by atoms with van der Waals surface area (Å²) >= 11 is 1.32. The van der Waals surface area contributed by atoms with Gasteiger partial charge in [-0.15, -0.1) is 11.8 Å². The Kier molecular flexibility index (Phi) is 2.46. The van der Waals surface area contributed by atoms with Crippen molar-refractivity contribution in [1.29, 1.82) is 0 Å². The molecule has 0 bridgehead atoms. The second-order valence-electron chi connectivity index (χ2n) is 3.86. The second-order valence-corrected chi connectivity index (χ2v) is 5.26. The van der Waals surface area contributed by atoms with Gasteiger partial charge in [0.2, 0.25) is 0 Å². The van der Waals surface area contributed by atoms with Gasteiger partial charge in [0, 0.05) is 4.90 Å². The lowest BCUT2D eigenvalue weighted by molar-refractivity contribution is -0.137. The van der Waals surface area contributed by atoms with Gasteiger partial charge >= 0.3 is 5.97 Å². The van der Waals surface area contributed by atoms with Gasteiger partial charge in [0.25, 0.3) is 0 Å². The summed E-state index contributed by atoms with van der Waals surface area (Å²) in [6.07, 6.45) is 0.685. The summed E-state index contributed by atoms with van der Waals surface area (Å²) in [6.45, 7) is 1.92. The summed E-state index contributed by atoms with van der Waals surface area (Å²) in [5.41, 5.74) is 0. The predicted molar refractivity (Wildman–Crippen MR) is 56.4 cm³/mol. The molecule has 0 radical (unpaired) electrons. The summed E-state index contributed by atoms with van der Waals surface area (Å²) in [7, 11) is 0. The molecule has 0 aromatic heterocycles. The van der Waals surface area contributed by atoms with E-state index in [4.69, 9.17) is 5.11 Å². The van der Waals surface area contributed by atoms with Crippen LogP contribution in [-0.2, 0) is 4.79 Å². The average molecular weight is 226 g/mol. The van der Waals surface area contributed by atoms with Gasteiger partial charge in [-0.2, -0.15) is 0 Å². The molecule has 2 nitrogen and oxygen atoms in total. The number of carboxylic acids is 1. The molecule has 2 atom stereocenters. The van der Waals surface area contributed by atoms with E-state index in [1.54, 1.807) is 12.1 Å². The SMILES string of the molecule is CC1CC1(Sc1ccc(F)cc1)C(=O)O. The van der Waals surface area contributed by atoms with Crippen LogP contribution in [0.1, 0.15) is 13.3 Å². The number of aliphatic carboxylic acids is 1. The average Bonchev–Trinajstić information content (AvgIpc) is 2.82. The van der Waals surface area contributed by atoms with Crippen LogP contribution >= 0.6 is 11.8 Å². The zero-order valence-corrected chi connectivity index (χ0v) is 9.05. The van der Waals surface area contributed by atoms with Crippen LogP contribution in [0.25, 0.3) is 0 Å². The Balaban J connectivity index is 2.15. The molecule has 1 N–H and O–H groups in total. The van der Waals surface area contributed by atoms with Crippen molar-refractivity contribution in [2.75, 3.05) is 0 Å². The normalized spacial score (nSPS) is 28.8. The van der Waals surface area contributed by atoms with Crippen LogP contribution in [-0.4, -0.2) is 15.8 Å². The standard InChI is InChI=1S/C11H11FO2S/c1-7-6-11(7,10(13)14)15-9-4-2-8(12)3-5-9/h2-5,7H,6H2,1H3,(H,13,14). The molecule has 1 fully saturated rings. The molecular formula is C11H11FO2S. The molecule has 1 aromatic carbocycles. The lowest BCUT2D eigenvalue weighted by Gasteiger charge is -2.10. The summed E-state index contributed by atoms with van der Waals surface area (Å²) in [5, 5.41) is 9.10. The molecule has 1 aliphatic rings. The number of halogens is 1. The zero-order valence-electron chi connectivity index (χ0n) is 8.24. The molecule has 0 amide bonds. The van der Waals surface area contributed by atoms with E-state index in [1.165, 1.54) is 23.9 Å². The summed E-state index contributed by atoms with van der Waals surface area (Å²) in [4.78, 5) is 11.9. The first kappa shape index (κ1) is 10.5. The van der Waals surface area contributed by atoms with Crippen LogP contribution in [0, 0.1) is 11.7 Å². The number of rotatable bonds is 3. The Morgan fingerprint density at radius 3 is 2.47 bits per heavy atom. The van der Waals surface area contributed by atoms with E-state index in [-0.39, 0.29) is 11.7 Å². The van der Waals surface area contributed by atoms with Gasteiger partial charge in [0.05, 0.1) is 0 Å². The van der Waals surface area contributed by atoms with Crippen molar-refractivity contribution in [3.63, 3.8) is 0 Å². The van der Waals surface area contributed by atoms with Gasteiger partial charge in [-0.05, 0) is 36.6 Å². The van der Waals surface area contributed by atoms with Crippen molar-refractivity contribution in [3.8, 4) is 0 Å². The van der Waals surface area contributed by atoms with E-state index in [0.29, 0.717) is 6.42 Å². The van der Waals surface area contributed by atoms with Crippen LogP contribution in [0.4, 0.5) is 4.39 Å². The second kappa shape index (κ2) is 3.52. The van der Waals surface area contributed by atoms with E-state index in [1.807, 2.05) is 6.92 Å². The fourth-order valence-electron chi connectivity index (χ4n) is 1.59. The van der Waals surface area contributed by atoms with E-state index < -0.39 is 10.7 Å². The monoisotopic (exact) mass is 226 g/mol. The maximum absolute atomic E-state index is 12.6. The van der Waals surface area contributed by atoms with Crippen LogP contribution in [0.15, 0.2) is 29.2 Å². The Hall–Kier alpha value is -1.03. The van der Waals surface area contributed by atoms with Gasteiger partial charge in [-0.1, -0.05) is 6.92 Å². The van der Waals surface area contributed by atoms with Crippen molar-refractivity contribution in [2.45, 2.75) is 23.0 Å². The summed E-state index contributed by atoms with van der Waals surface area (Å²) in [5.74, 6) is -0.887. The zero-order chi connectivity index (χ0) is 11.1. The third-order valence-electron chi connectivity index (χ3n) is 2.72. The van der Waals surface area contributed by atoms with Gasteiger partial charge in [0.15, 0.2) is 0 Å². The van der Waals surface area contributed by atoms with Gasteiger partial charge in [0.1, 0.15) is 10.6 Å². The highest BCUT2D eigenvalue weighted by Crippen LogP contribution is 2.56. The molecular weight excluding hydrogens is 215 g/mol. The van der Waals surface area contributed by atoms with Crippen LogP contribution < -0.4 is 0 Å². The fraction of sp³-hybridized carbons (Fsp3) is 0.364. The highest BCUT2D eigenvalue weighted by atomic mass is 32.2. The first-order valence-electron chi connectivity index (χ1n) is 4.72. The molecule has 0 saturated heterocycles. The van der Waals surface area contributed by atoms with E-state index in [0.717, 1.165) is 4.90 Å². The van der Waals surface area contributed by atoms with Gasteiger partial charge in [-0.3, -0.25) is 4.79 Å². The molecule has 0 spiro atoms. The van der Waals surface area contributed by atoms with Gasteiger partial charge in [-0.25, -0.2) is 4.39 Å². The van der Waals surface area contributed by atoms with Crippen molar-refractivity contribution in [3.05, 3.63) is 30.1 Å². The van der Waals surface area contributed by atoms with Crippen LogP contribution in [0.2, 0.25) is 0 Å². The third-order valence-corrected chi connectivity index (χ3v) is 4.34. The maximum atomic E-state index is 12.6. The maximum Gasteiger partial charge on any atom is 0.320 e. The Labute approximate surface area is 91.5 Å². The Bertz CT molecular complexity index is 390. The van der Waals surface area contributed by atoms with E-state index >= 15 is 0 Å². The first-order valence-corrected chi connectivity index (χ1v) is 5.54. The molecule has 1 aliphatic carbocycles. The Morgan fingerprint density at radius 1 is 1.53 bits per heavy atom. The lowest BCUT2D eigenvalue weighted by Crippen LogP contribution is -2.19. The van der Waals surface area contributed by atoms with Crippen molar-refractivity contribution in [2.24, 2.45) is 5.92 Å². The number of thioether (sulfide) groups is 1. The summed E-state index contributed by atoms with van der Waals surface area (Å²) in [6, 6.07) is 5.95. The largest absolute Gasteiger partial charge is 0.480 e. The molecule has 80 valence electrons. The molecule has 1 aromatic rings. The molecule has 0 aliphatic heterocycles. The predicted octanol–water partition coefficient (Wildman–Crippen LogP) is 2.78. The number of carboxylic acid groups (broad SMARTS) is 1. The van der Waals surface area contributed by atoms with Crippen molar-refractivity contribution < 1.29 is 14.3 Å². The number of hydrogen-bond donors (Lipinski definition) is 1. The molecule has 0 heterocycles. The van der Waals surface area contributed by atoms with Crippen LogP contribution in [0.3, 0.4) is 0 Å². The number of hydrogen-bond acceptors (Lipinski definition) is 2. The van der Waals surface area contributed by atoms with Crippen molar-refractivity contribution in [1.82, 2.24) is 0 Å². The minimum Gasteiger partial charge on any atom is -0.480 e. The minimum atomic E-state index is -0.774. The molecule has 2 rings (SSSR count). The molecule has 1 saturated carbocycles. The first-order chi connectivity index (χ1) is 7.04. The quantitative estimate of drug-likeness (QED) is 0.861. The fourth-order valence-corrected chi connectivity index (χ4v) is 2.91. The van der Waals surface area contributed by atoms with E-state index in [9.17, 15) is 9.18 Å². The smallest absolute Gasteiger partial charge is 0.320 e. The highest BCUT2D eigenvalue weighted by molar-refractivity contribution is 8.01.